The standard InChI is InChI=1S/C34H26N6O16S4/c35-31-27(57-56-55-45)11-25(53-58(46)47)19-3-7-23(33(43)29(19)31)39-37-21-5-1-15(9-17(21)13-41)16-2-6-22(18(10-16)14-42)38-40-24-8-4-20-26(54-59(48)49)12-28(60(50,51)52)32(36)30(20)34(24)44/h1-13,42-45H,14,35-36H2,(H,46,47)(H,48,49)(H,50,51,52). The van der Waals surface area contributed by atoms with Gasteiger partial charge in [0.1, 0.15) is 16.3 Å². The van der Waals surface area contributed by atoms with Crippen molar-refractivity contribution in [3.8, 4) is 34.1 Å². The number of nitrogen functional groups attached to an aromatic ring is 2. The number of hydrogen-bond acceptors (Lipinski definition) is 20. The molecule has 0 bridgehead atoms. The van der Waals surface area contributed by atoms with E-state index in [1.165, 1.54) is 48.5 Å². The molecule has 6 aromatic rings. The summed E-state index contributed by atoms with van der Waals surface area (Å²) >= 11 is -5.29. The second-order valence-electron chi connectivity index (χ2n) is 11.9. The number of carbonyl (C=O) groups is 1. The van der Waals surface area contributed by atoms with Crippen molar-refractivity contribution in [3.05, 3.63) is 83.9 Å². The molecule has 0 aliphatic rings. The zero-order valence-corrected chi connectivity index (χ0v) is 32.9. The molecule has 0 saturated heterocycles. The Morgan fingerprint density at radius 2 is 1.22 bits per heavy atom. The van der Waals surface area contributed by atoms with Crippen LogP contribution in [-0.2, 0) is 48.8 Å². The average Bonchev–Trinajstić information content (AvgIpc) is 3.20. The molecule has 2 unspecified atom stereocenters. The van der Waals surface area contributed by atoms with Crippen molar-refractivity contribution >= 4 is 107 Å². The molecule has 2 atom stereocenters. The van der Waals surface area contributed by atoms with Crippen LogP contribution in [-0.4, -0.2) is 57.4 Å². The molecule has 6 aromatic carbocycles. The van der Waals surface area contributed by atoms with Crippen LogP contribution in [0.1, 0.15) is 15.9 Å². The van der Waals surface area contributed by atoms with E-state index in [0.717, 1.165) is 0 Å². The summed E-state index contributed by atoms with van der Waals surface area (Å²) in [5.74, 6) is -1.94. The van der Waals surface area contributed by atoms with E-state index in [1.807, 2.05) is 0 Å². The molecule has 0 aliphatic heterocycles. The van der Waals surface area contributed by atoms with Crippen LogP contribution < -0.4 is 19.8 Å². The third kappa shape index (κ3) is 9.02. The SMILES string of the molecule is Nc1c(SOOO)cc(OS(=O)O)c2ccc(N=Nc3ccc(-c4ccc(N=Nc5ccc6c(OS(=O)O)cc(S(=O)(=O)O)c(N)c6c5O)c(CO)c4)cc3C=O)c(O)c12. The van der Waals surface area contributed by atoms with Gasteiger partial charge in [-0.2, -0.15) is 21.9 Å². The van der Waals surface area contributed by atoms with E-state index in [-0.39, 0.29) is 71.8 Å². The molecule has 0 saturated carbocycles. The Hall–Kier alpha value is -6.17. The molecule has 0 spiro atoms. The highest BCUT2D eigenvalue weighted by Gasteiger charge is 2.24. The number of fused-ring (bicyclic) bond motifs is 2. The zero-order valence-electron chi connectivity index (χ0n) is 29.6. The lowest BCUT2D eigenvalue weighted by Crippen LogP contribution is -2.06. The number of nitrogens with two attached hydrogens (primary N) is 2. The van der Waals surface area contributed by atoms with Crippen LogP contribution in [0, 0.1) is 0 Å². The lowest BCUT2D eigenvalue weighted by Gasteiger charge is -2.13. The summed E-state index contributed by atoms with van der Waals surface area (Å²) in [5, 5.41) is 60.3. The molecule has 0 aromatic heterocycles. The molecule has 11 N–H and O–H groups in total. The minimum atomic E-state index is -4.99. The maximum absolute atomic E-state index is 12.2. The summed E-state index contributed by atoms with van der Waals surface area (Å²) in [5.41, 5.74) is 12.5. The van der Waals surface area contributed by atoms with Crippen molar-refractivity contribution in [1.82, 2.24) is 0 Å². The summed E-state index contributed by atoms with van der Waals surface area (Å²) in [6.45, 7) is -0.546. The Balaban J connectivity index is 1.31. The zero-order chi connectivity index (χ0) is 43.5. The highest BCUT2D eigenvalue weighted by atomic mass is 32.2. The van der Waals surface area contributed by atoms with Crippen molar-refractivity contribution in [2.75, 3.05) is 11.5 Å². The summed E-state index contributed by atoms with van der Waals surface area (Å²) in [6.07, 6.45) is 0.511. The lowest BCUT2D eigenvalue weighted by molar-refractivity contribution is -0.432. The molecule has 26 heteroatoms. The van der Waals surface area contributed by atoms with E-state index >= 15 is 0 Å². The molecule has 0 radical (unpaired) electrons. The molecule has 0 aliphatic carbocycles. The van der Waals surface area contributed by atoms with Crippen LogP contribution in [0.2, 0.25) is 0 Å². The van der Waals surface area contributed by atoms with Crippen molar-refractivity contribution in [2.24, 2.45) is 20.5 Å². The summed E-state index contributed by atoms with van der Waals surface area (Å²) < 4.78 is 89.0. The number of carbonyl (C=O) groups excluding carboxylic acids is 1. The Kier molecular flexibility index (Phi) is 13.0. The Morgan fingerprint density at radius 1 is 0.717 bits per heavy atom. The number of phenols is 2. The number of anilines is 2. The molecule has 312 valence electrons. The van der Waals surface area contributed by atoms with Crippen LogP contribution in [0.3, 0.4) is 0 Å². The molecule has 60 heavy (non-hydrogen) atoms. The third-order valence-corrected chi connectivity index (χ3v) is 10.6. The van der Waals surface area contributed by atoms with Gasteiger partial charge >= 0.3 is 22.7 Å². The van der Waals surface area contributed by atoms with Gasteiger partial charge in [-0.1, -0.05) is 17.2 Å². The summed E-state index contributed by atoms with van der Waals surface area (Å²) in [4.78, 5) is 11.3. The Morgan fingerprint density at radius 3 is 1.75 bits per heavy atom. The first-order chi connectivity index (χ1) is 28.6. The largest absolute Gasteiger partial charge is 0.505 e. The van der Waals surface area contributed by atoms with Gasteiger partial charge in [0.05, 0.1) is 57.1 Å². The number of nitrogens with zero attached hydrogens (tertiary/aromatic N) is 4. The van der Waals surface area contributed by atoms with Crippen molar-refractivity contribution in [1.29, 1.82) is 0 Å². The highest BCUT2D eigenvalue weighted by Crippen LogP contribution is 2.48. The normalized spacial score (nSPS) is 13.0. The van der Waals surface area contributed by atoms with Gasteiger partial charge in [-0.15, -0.1) is 19.7 Å². The van der Waals surface area contributed by atoms with Crippen LogP contribution in [0.25, 0.3) is 32.7 Å². The van der Waals surface area contributed by atoms with Gasteiger partial charge in [0, 0.05) is 34.0 Å². The second-order valence-corrected chi connectivity index (χ2v) is 15.2. The van der Waals surface area contributed by atoms with Gasteiger partial charge in [0.25, 0.3) is 10.1 Å². The van der Waals surface area contributed by atoms with Crippen molar-refractivity contribution < 1.29 is 73.6 Å². The van der Waals surface area contributed by atoms with Crippen LogP contribution in [0.5, 0.6) is 23.0 Å². The van der Waals surface area contributed by atoms with E-state index < -0.39 is 67.3 Å². The molecule has 22 nitrogen and oxygen atoms in total. The number of rotatable bonds is 15. The van der Waals surface area contributed by atoms with E-state index in [0.29, 0.717) is 35.5 Å². The topological polar surface area (TPSA) is 365 Å². The molecule has 0 amide bonds. The van der Waals surface area contributed by atoms with Gasteiger partial charge in [0.15, 0.2) is 29.3 Å². The molecule has 0 heterocycles. The average molecular weight is 903 g/mol. The predicted molar refractivity (Wildman–Crippen MR) is 215 cm³/mol. The third-order valence-electron chi connectivity index (χ3n) is 8.46. The fourth-order valence-electron chi connectivity index (χ4n) is 5.82. The highest BCUT2D eigenvalue weighted by molar-refractivity contribution is 7.94. The van der Waals surface area contributed by atoms with Gasteiger partial charge in [-0.25, -0.2) is 5.26 Å². The fraction of sp³-hybridized carbons (Fsp3) is 0.0294. The number of azo groups is 2. The van der Waals surface area contributed by atoms with E-state index in [1.54, 1.807) is 18.2 Å². The maximum Gasteiger partial charge on any atom is 0.357 e. The number of aliphatic hydroxyl groups is 1. The quantitative estimate of drug-likeness (QED) is 0.00726. The maximum atomic E-state index is 12.2. The van der Waals surface area contributed by atoms with Crippen molar-refractivity contribution in [2.45, 2.75) is 16.4 Å². The first-order valence-electron chi connectivity index (χ1n) is 16.1. The molecular weight excluding hydrogens is 877 g/mol. The smallest absolute Gasteiger partial charge is 0.357 e. The second kappa shape index (κ2) is 18.0. The number of aliphatic hydroxyl groups excluding tert-OH is 1. The minimum absolute atomic E-state index is 0.0146. The van der Waals surface area contributed by atoms with Gasteiger partial charge < -0.3 is 35.2 Å². The monoisotopic (exact) mass is 902 g/mol. The number of hydrogen-bond donors (Lipinski definition) is 9. The van der Waals surface area contributed by atoms with E-state index in [2.05, 4.69) is 29.8 Å². The number of benzene rings is 6. The number of aldehydes is 1. The van der Waals surface area contributed by atoms with Gasteiger partial charge in [-0.3, -0.25) is 18.5 Å². The summed E-state index contributed by atoms with van der Waals surface area (Å²) in [7, 11) is -4.99. The fourth-order valence-corrected chi connectivity index (χ4v) is 7.49. The predicted octanol–water partition coefficient (Wildman–Crippen LogP) is 7.08. The summed E-state index contributed by atoms with van der Waals surface area (Å²) in [6, 6.07) is 16.2. The molecular formula is C34H26N6O16S4. The van der Waals surface area contributed by atoms with Crippen LogP contribution in [0.15, 0.2) is 103 Å². The van der Waals surface area contributed by atoms with E-state index in [4.69, 9.17) is 25.1 Å². The first kappa shape index (κ1) is 43.4. The Labute approximate surface area is 345 Å². The lowest BCUT2D eigenvalue weighted by atomic mass is 10.00. The van der Waals surface area contributed by atoms with E-state index in [9.17, 15) is 50.6 Å². The van der Waals surface area contributed by atoms with Crippen LogP contribution in [0.4, 0.5) is 34.1 Å². The van der Waals surface area contributed by atoms with Gasteiger partial charge in [0.2, 0.25) is 0 Å². The Bertz CT molecular complexity index is 2930. The molecule has 6 rings (SSSR count). The van der Waals surface area contributed by atoms with Gasteiger partial charge in [-0.05, 0) is 59.7 Å². The number of aromatic hydroxyl groups is 2. The number of phenolic OH excluding ortho intramolecular Hbond substituents is 2. The van der Waals surface area contributed by atoms with Crippen LogP contribution >= 0.6 is 12.0 Å². The minimum Gasteiger partial charge on any atom is -0.505 e. The first-order valence-corrected chi connectivity index (χ1v) is 20.3. The molecule has 0 fully saturated rings. The van der Waals surface area contributed by atoms with Crippen molar-refractivity contribution in [3.63, 3.8) is 0 Å².